The molecule has 1 N–H and O–H groups in total. The third kappa shape index (κ3) is 4.92. The van der Waals surface area contributed by atoms with Crippen LogP contribution >= 0.6 is 0 Å². The molecule has 0 heterocycles. The number of carbonyl (C=O) groups excluding carboxylic acids is 1. The summed E-state index contributed by atoms with van der Waals surface area (Å²) in [5.74, 6) is 2.03. The molecule has 0 atom stereocenters. The van der Waals surface area contributed by atoms with E-state index in [9.17, 15) is 13.2 Å². The van der Waals surface area contributed by atoms with Crippen molar-refractivity contribution >= 4 is 15.9 Å². The highest BCUT2D eigenvalue weighted by molar-refractivity contribution is 7.89. The van der Waals surface area contributed by atoms with Gasteiger partial charge in [-0.05, 0) is 36.8 Å². The van der Waals surface area contributed by atoms with Crippen LogP contribution in [0.2, 0.25) is 0 Å². The maximum atomic E-state index is 12.5. The number of terminal acetylenes is 1. The van der Waals surface area contributed by atoms with Gasteiger partial charge in [0.2, 0.25) is 10.0 Å². The summed E-state index contributed by atoms with van der Waals surface area (Å²) in [4.78, 5) is 14.1. The molecule has 1 amide bonds. The Kier molecular flexibility index (Phi) is 5.97. The maximum Gasteiger partial charge on any atom is 0.253 e. The minimum atomic E-state index is -3.66. The molecule has 0 radical (unpaired) electrons. The van der Waals surface area contributed by atoms with Crippen LogP contribution in [0, 0.1) is 19.3 Å². The van der Waals surface area contributed by atoms with Crippen molar-refractivity contribution in [2.24, 2.45) is 0 Å². The number of rotatable bonds is 6. The Labute approximate surface area is 148 Å². The molecular weight excluding hydrogens is 336 g/mol. The van der Waals surface area contributed by atoms with Gasteiger partial charge in [0.05, 0.1) is 11.4 Å². The molecule has 2 aromatic rings. The average molecular weight is 356 g/mol. The number of nitrogens with zero attached hydrogens (tertiary/aromatic N) is 1. The Morgan fingerprint density at radius 1 is 1.12 bits per heavy atom. The van der Waals surface area contributed by atoms with Crippen molar-refractivity contribution in [3.05, 3.63) is 65.2 Å². The van der Waals surface area contributed by atoms with Crippen LogP contribution < -0.4 is 4.72 Å². The lowest BCUT2D eigenvalue weighted by Gasteiger charge is -2.17. The fourth-order valence-electron chi connectivity index (χ4n) is 2.26. The van der Waals surface area contributed by atoms with E-state index < -0.39 is 10.0 Å². The van der Waals surface area contributed by atoms with Gasteiger partial charge in [-0.25, -0.2) is 8.42 Å². The molecule has 0 bridgehead atoms. The van der Waals surface area contributed by atoms with Crippen molar-refractivity contribution in [1.82, 2.24) is 9.62 Å². The van der Waals surface area contributed by atoms with Crippen LogP contribution in [0.4, 0.5) is 0 Å². The van der Waals surface area contributed by atoms with Gasteiger partial charge in [0.15, 0.2) is 0 Å². The topological polar surface area (TPSA) is 66.5 Å². The number of hydrogen-bond donors (Lipinski definition) is 1. The molecule has 0 saturated carbocycles. The largest absolute Gasteiger partial charge is 0.337 e. The summed E-state index contributed by atoms with van der Waals surface area (Å²) in [6.07, 6.45) is 5.06. The standard InChI is InChI=1S/C19H20N2O3S/c1-4-13-20-25(23,24)18-11-9-17(10-12-18)19(22)21(3)14-16-7-5-15(2)6-8-16/h1,5-12,20H,13-14H2,2-3H3. The fourth-order valence-corrected chi connectivity index (χ4v) is 3.19. The molecule has 0 saturated heterocycles. The minimum absolute atomic E-state index is 0.0699. The second kappa shape index (κ2) is 7.97. The summed E-state index contributed by atoms with van der Waals surface area (Å²) in [6, 6.07) is 13.7. The van der Waals surface area contributed by atoms with E-state index in [0.717, 1.165) is 11.1 Å². The molecular formula is C19H20N2O3S. The average Bonchev–Trinajstić information content (AvgIpc) is 2.61. The highest BCUT2D eigenvalue weighted by Gasteiger charge is 2.16. The van der Waals surface area contributed by atoms with Crippen molar-refractivity contribution in [2.75, 3.05) is 13.6 Å². The molecule has 0 spiro atoms. The Morgan fingerprint density at radius 3 is 2.28 bits per heavy atom. The first-order chi connectivity index (χ1) is 11.8. The second-order valence-electron chi connectivity index (χ2n) is 5.70. The summed E-state index contributed by atoms with van der Waals surface area (Å²) < 4.78 is 26.2. The number of benzene rings is 2. The fraction of sp³-hybridized carbons (Fsp3) is 0.211. The third-order valence-electron chi connectivity index (χ3n) is 3.66. The van der Waals surface area contributed by atoms with Crippen molar-refractivity contribution in [3.8, 4) is 12.3 Å². The number of sulfonamides is 1. The smallest absolute Gasteiger partial charge is 0.253 e. The molecule has 0 fully saturated rings. The number of nitrogens with one attached hydrogen (secondary N) is 1. The SMILES string of the molecule is C#CCNS(=O)(=O)c1ccc(C(=O)N(C)Cc2ccc(C)cc2)cc1. The van der Waals surface area contributed by atoms with E-state index in [1.165, 1.54) is 24.3 Å². The normalized spacial score (nSPS) is 10.9. The van der Waals surface area contributed by atoms with Gasteiger partial charge >= 0.3 is 0 Å². The molecule has 25 heavy (non-hydrogen) atoms. The zero-order valence-corrected chi connectivity index (χ0v) is 15.0. The van der Waals surface area contributed by atoms with Crippen LogP contribution in [-0.4, -0.2) is 32.8 Å². The van der Waals surface area contributed by atoms with Gasteiger partial charge in [0.1, 0.15) is 0 Å². The van der Waals surface area contributed by atoms with Crippen LogP contribution in [0.1, 0.15) is 21.5 Å². The molecule has 6 heteroatoms. The summed E-state index contributed by atoms with van der Waals surface area (Å²) in [5.41, 5.74) is 2.61. The lowest BCUT2D eigenvalue weighted by molar-refractivity contribution is 0.0785. The van der Waals surface area contributed by atoms with E-state index in [-0.39, 0.29) is 17.3 Å². The quantitative estimate of drug-likeness (QED) is 0.807. The van der Waals surface area contributed by atoms with Gasteiger partial charge in [-0.2, -0.15) is 4.72 Å². The summed E-state index contributed by atoms with van der Waals surface area (Å²) in [6.45, 7) is 2.40. The maximum absolute atomic E-state index is 12.5. The van der Waals surface area contributed by atoms with E-state index in [2.05, 4.69) is 10.6 Å². The molecule has 0 aromatic heterocycles. The molecule has 0 aliphatic carbocycles. The molecule has 5 nitrogen and oxygen atoms in total. The lowest BCUT2D eigenvalue weighted by atomic mass is 10.1. The third-order valence-corrected chi connectivity index (χ3v) is 5.08. The highest BCUT2D eigenvalue weighted by atomic mass is 32.2. The molecule has 130 valence electrons. The summed E-state index contributed by atoms with van der Waals surface area (Å²) in [7, 11) is -1.95. The predicted octanol–water partition coefficient (Wildman–Crippen LogP) is 2.18. The van der Waals surface area contributed by atoms with E-state index in [4.69, 9.17) is 6.42 Å². The Hall–Kier alpha value is -2.62. The molecule has 0 aliphatic rings. The van der Waals surface area contributed by atoms with E-state index in [1.807, 2.05) is 31.2 Å². The second-order valence-corrected chi connectivity index (χ2v) is 7.47. The van der Waals surface area contributed by atoms with Crippen LogP contribution in [0.5, 0.6) is 0 Å². The number of amides is 1. The molecule has 2 aromatic carbocycles. The first-order valence-corrected chi connectivity index (χ1v) is 9.16. The van der Waals surface area contributed by atoms with Crippen LogP contribution in [0.15, 0.2) is 53.4 Å². The first-order valence-electron chi connectivity index (χ1n) is 7.67. The van der Waals surface area contributed by atoms with Crippen LogP contribution in [-0.2, 0) is 16.6 Å². The Morgan fingerprint density at radius 2 is 1.72 bits per heavy atom. The van der Waals surface area contributed by atoms with Crippen LogP contribution in [0.3, 0.4) is 0 Å². The minimum Gasteiger partial charge on any atom is -0.337 e. The lowest BCUT2D eigenvalue weighted by Crippen LogP contribution is -2.26. The van der Waals surface area contributed by atoms with Gasteiger partial charge in [0.25, 0.3) is 5.91 Å². The molecule has 0 aliphatic heterocycles. The first kappa shape index (κ1) is 18.7. The van der Waals surface area contributed by atoms with E-state index in [1.54, 1.807) is 11.9 Å². The highest BCUT2D eigenvalue weighted by Crippen LogP contribution is 2.13. The molecule has 2 rings (SSSR count). The zero-order chi connectivity index (χ0) is 18.4. The molecule has 0 unspecified atom stereocenters. The van der Waals surface area contributed by atoms with Gasteiger partial charge in [-0.15, -0.1) is 6.42 Å². The van der Waals surface area contributed by atoms with Crippen molar-refractivity contribution in [2.45, 2.75) is 18.4 Å². The number of carbonyl (C=O) groups is 1. The van der Waals surface area contributed by atoms with Gasteiger partial charge < -0.3 is 4.90 Å². The van der Waals surface area contributed by atoms with Gasteiger partial charge in [0, 0.05) is 19.2 Å². The van der Waals surface area contributed by atoms with E-state index in [0.29, 0.717) is 12.1 Å². The Balaban J connectivity index is 2.09. The zero-order valence-electron chi connectivity index (χ0n) is 14.2. The number of aryl methyl sites for hydroxylation is 1. The summed E-state index contributed by atoms with van der Waals surface area (Å²) in [5, 5.41) is 0. The number of hydrogen-bond acceptors (Lipinski definition) is 3. The van der Waals surface area contributed by atoms with Crippen molar-refractivity contribution in [3.63, 3.8) is 0 Å². The monoisotopic (exact) mass is 356 g/mol. The van der Waals surface area contributed by atoms with E-state index >= 15 is 0 Å². The van der Waals surface area contributed by atoms with Crippen LogP contribution in [0.25, 0.3) is 0 Å². The Bertz CT molecular complexity index is 880. The van der Waals surface area contributed by atoms with Crippen molar-refractivity contribution in [1.29, 1.82) is 0 Å². The van der Waals surface area contributed by atoms with Gasteiger partial charge in [-0.1, -0.05) is 35.7 Å². The van der Waals surface area contributed by atoms with Crippen molar-refractivity contribution < 1.29 is 13.2 Å². The predicted molar refractivity (Wildman–Crippen MR) is 97.4 cm³/mol. The summed E-state index contributed by atoms with van der Waals surface area (Å²) >= 11 is 0. The van der Waals surface area contributed by atoms with Gasteiger partial charge in [-0.3, -0.25) is 4.79 Å².